The van der Waals surface area contributed by atoms with Gasteiger partial charge in [-0.2, -0.15) is 21.6 Å². The molecule has 1 aromatic rings. The molecule has 20 heavy (non-hydrogen) atoms. The zero-order valence-corrected chi connectivity index (χ0v) is 11.6. The Labute approximate surface area is 113 Å². The molecule has 0 bridgehead atoms. The van der Waals surface area contributed by atoms with Gasteiger partial charge in [-0.25, -0.2) is 0 Å². The standard InChI is InChI=1S/C11H11F3O5S/c1-6-4-9(18-3)10(5-8(6)7(2)15)19-20(16,17)11(12,13)14/h4-5H,1-3H3. The molecule has 1 rings (SSSR count). The van der Waals surface area contributed by atoms with Crippen molar-refractivity contribution in [2.75, 3.05) is 7.11 Å². The first-order valence-electron chi connectivity index (χ1n) is 5.20. The lowest BCUT2D eigenvalue weighted by Crippen LogP contribution is -2.28. The van der Waals surface area contributed by atoms with E-state index in [4.69, 9.17) is 4.74 Å². The molecule has 0 N–H and O–H groups in total. The molecule has 1 aromatic carbocycles. The zero-order chi connectivity index (χ0) is 15.7. The summed E-state index contributed by atoms with van der Waals surface area (Å²) in [6, 6.07) is 2.12. The summed E-state index contributed by atoms with van der Waals surface area (Å²) in [6.07, 6.45) is 0. The molecule has 9 heteroatoms. The predicted molar refractivity (Wildman–Crippen MR) is 63.3 cm³/mol. The van der Waals surface area contributed by atoms with E-state index in [-0.39, 0.29) is 11.3 Å². The second-order valence-corrected chi connectivity index (χ2v) is 5.40. The Morgan fingerprint density at radius 3 is 2.15 bits per heavy atom. The second kappa shape index (κ2) is 5.31. The van der Waals surface area contributed by atoms with Gasteiger partial charge >= 0.3 is 15.6 Å². The Balaban J connectivity index is 3.38. The minimum absolute atomic E-state index is 0.0400. The molecule has 112 valence electrons. The van der Waals surface area contributed by atoms with Crippen molar-refractivity contribution in [3.63, 3.8) is 0 Å². The number of hydrogen-bond acceptors (Lipinski definition) is 5. The number of benzene rings is 1. The van der Waals surface area contributed by atoms with Gasteiger partial charge in [0.25, 0.3) is 0 Å². The second-order valence-electron chi connectivity index (χ2n) is 3.86. The molecular weight excluding hydrogens is 301 g/mol. The van der Waals surface area contributed by atoms with Crippen LogP contribution in [0.3, 0.4) is 0 Å². The van der Waals surface area contributed by atoms with E-state index in [9.17, 15) is 26.4 Å². The maximum absolute atomic E-state index is 12.3. The number of hydrogen-bond donors (Lipinski definition) is 0. The lowest BCUT2D eigenvalue weighted by atomic mass is 10.0. The summed E-state index contributed by atoms with van der Waals surface area (Å²) in [4.78, 5) is 11.3. The normalized spacial score (nSPS) is 12.1. The van der Waals surface area contributed by atoms with E-state index in [0.717, 1.165) is 13.2 Å². The molecule has 0 heterocycles. The third-order valence-corrected chi connectivity index (χ3v) is 3.34. The monoisotopic (exact) mass is 312 g/mol. The highest BCUT2D eigenvalue weighted by atomic mass is 32.2. The van der Waals surface area contributed by atoms with E-state index in [2.05, 4.69) is 4.18 Å². The minimum Gasteiger partial charge on any atom is -0.493 e. The SMILES string of the molecule is COc1cc(C)c(C(C)=O)cc1OS(=O)(=O)C(F)(F)F. The van der Waals surface area contributed by atoms with E-state index in [0.29, 0.717) is 5.56 Å². The van der Waals surface area contributed by atoms with Gasteiger partial charge in [0.1, 0.15) is 0 Å². The maximum atomic E-state index is 12.3. The summed E-state index contributed by atoms with van der Waals surface area (Å²) in [6.45, 7) is 2.72. The van der Waals surface area contributed by atoms with Gasteiger partial charge in [0.15, 0.2) is 17.3 Å². The average molecular weight is 312 g/mol. The maximum Gasteiger partial charge on any atom is 0.534 e. The molecule has 0 amide bonds. The summed E-state index contributed by atoms with van der Waals surface area (Å²) < 4.78 is 67.5. The number of alkyl halides is 3. The van der Waals surface area contributed by atoms with Crippen molar-refractivity contribution >= 4 is 15.9 Å². The van der Waals surface area contributed by atoms with E-state index in [1.54, 1.807) is 0 Å². The molecule has 0 radical (unpaired) electrons. The van der Waals surface area contributed by atoms with Gasteiger partial charge in [0.2, 0.25) is 0 Å². The molecule has 0 aromatic heterocycles. The van der Waals surface area contributed by atoms with Crippen molar-refractivity contribution in [3.8, 4) is 11.5 Å². The molecule has 0 saturated carbocycles. The van der Waals surface area contributed by atoms with E-state index < -0.39 is 27.2 Å². The van der Waals surface area contributed by atoms with Crippen LogP contribution in [0.1, 0.15) is 22.8 Å². The molecular formula is C11H11F3O5S. The van der Waals surface area contributed by atoms with Crippen LogP contribution in [0.2, 0.25) is 0 Å². The number of ether oxygens (including phenoxy) is 1. The molecule has 0 aliphatic rings. The molecule has 0 saturated heterocycles. The average Bonchev–Trinajstić information content (AvgIpc) is 2.28. The highest BCUT2D eigenvalue weighted by Gasteiger charge is 2.49. The zero-order valence-electron chi connectivity index (χ0n) is 10.7. The van der Waals surface area contributed by atoms with Crippen LogP contribution in [0.4, 0.5) is 13.2 Å². The van der Waals surface area contributed by atoms with Crippen molar-refractivity contribution in [3.05, 3.63) is 23.3 Å². The topological polar surface area (TPSA) is 69.7 Å². The first kappa shape index (κ1) is 16.3. The first-order chi connectivity index (χ1) is 8.99. The Morgan fingerprint density at radius 2 is 1.75 bits per heavy atom. The Hall–Kier alpha value is -1.77. The van der Waals surface area contributed by atoms with Crippen molar-refractivity contribution in [1.29, 1.82) is 0 Å². The van der Waals surface area contributed by atoms with Crippen molar-refractivity contribution in [2.45, 2.75) is 19.4 Å². The first-order valence-corrected chi connectivity index (χ1v) is 6.60. The van der Waals surface area contributed by atoms with Crippen LogP contribution in [0.5, 0.6) is 11.5 Å². The smallest absolute Gasteiger partial charge is 0.493 e. The van der Waals surface area contributed by atoms with Gasteiger partial charge < -0.3 is 8.92 Å². The third kappa shape index (κ3) is 3.21. The van der Waals surface area contributed by atoms with Crippen LogP contribution in [0.25, 0.3) is 0 Å². The van der Waals surface area contributed by atoms with Gasteiger partial charge in [-0.1, -0.05) is 0 Å². The van der Waals surface area contributed by atoms with Crippen LogP contribution < -0.4 is 8.92 Å². The largest absolute Gasteiger partial charge is 0.534 e. The highest BCUT2D eigenvalue weighted by molar-refractivity contribution is 7.88. The fraction of sp³-hybridized carbons (Fsp3) is 0.364. The minimum atomic E-state index is -5.83. The van der Waals surface area contributed by atoms with Crippen LogP contribution in [-0.2, 0) is 10.1 Å². The predicted octanol–water partition coefficient (Wildman–Crippen LogP) is 2.43. The van der Waals surface area contributed by atoms with Gasteiger partial charge in [-0.15, -0.1) is 0 Å². The van der Waals surface area contributed by atoms with E-state index >= 15 is 0 Å². The Bertz CT molecular complexity index is 634. The Morgan fingerprint density at radius 1 is 1.20 bits per heavy atom. The quantitative estimate of drug-likeness (QED) is 0.485. The number of ketones is 1. The van der Waals surface area contributed by atoms with Crippen LogP contribution in [-0.4, -0.2) is 26.8 Å². The lowest BCUT2D eigenvalue weighted by Gasteiger charge is -2.14. The van der Waals surface area contributed by atoms with Crippen molar-refractivity contribution in [1.82, 2.24) is 0 Å². The van der Waals surface area contributed by atoms with Crippen molar-refractivity contribution in [2.24, 2.45) is 0 Å². The number of carbonyl (C=O) groups is 1. The lowest BCUT2D eigenvalue weighted by molar-refractivity contribution is -0.0500. The van der Waals surface area contributed by atoms with Crippen molar-refractivity contribution < 1.29 is 35.3 Å². The van der Waals surface area contributed by atoms with Crippen LogP contribution in [0, 0.1) is 6.92 Å². The summed E-state index contributed by atoms with van der Waals surface area (Å²) in [5.41, 5.74) is -5.11. The third-order valence-electron chi connectivity index (χ3n) is 2.37. The number of rotatable bonds is 4. The molecule has 0 aliphatic heterocycles. The summed E-state index contributed by atoms with van der Waals surface area (Å²) >= 11 is 0. The number of Topliss-reactive ketones (excluding diaryl/α,β-unsaturated/α-hetero) is 1. The Kier molecular flexibility index (Phi) is 4.33. The molecule has 0 aliphatic carbocycles. The number of aryl methyl sites for hydroxylation is 1. The molecule has 0 atom stereocenters. The van der Waals surface area contributed by atoms with Gasteiger partial charge in [0.05, 0.1) is 7.11 Å². The highest BCUT2D eigenvalue weighted by Crippen LogP contribution is 2.35. The molecule has 5 nitrogen and oxygen atoms in total. The van der Waals surface area contributed by atoms with Gasteiger partial charge in [0, 0.05) is 5.56 Å². The molecule has 0 unspecified atom stereocenters. The van der Waals surface area contributed by atoms with Crippen LogP contribution >= 0.6 is 0 Å². The van der Waals surface area contributed by atoms with Crippen LogP contribution in [0.15, 0.2) is 12.1 Å². The molecule has 0 spiro atoms. The fourth-order valence-corrected chi connectivity index (χ4v) is 1.89. The number of methoxy groups -OCH3 is 1. The van der Waals surface area contributed by atoms with Gasteiger partial charge in [-0.05, 0) is 31.5 Å². The van der Waals surface area contributed by atoms with E-state index in [1.165, 1.54) is 19.9 Å². The number of carbonyl (C=O) groups excluding carboxylic acids is 1. The molecule has 0 fully saturated rings. The van der Waals surface area contributed by atoms with E-state index in [1.807, 2.05) is 0 Å². The fourth-order valence-electron chi connectivity index (χ4n) is 1.43. The summed E-state index contributed by atoms with van der Waals surface area (Å²) in [5.74, 6) is -1.36. The van der Waals surface area contributed by atoms with Gasteiger partial charge in [-0.3, -0.25) is 4.79 Å². The summed E-state index contributed by atoms with van der Waals surface area (Å²) in [7, 11) is -4.70. The number of halogens is 3. The summed E-state index contributed by atoms with van der Waals surface area (Å²) in [5, 5.41) is 0.